The summed E-state index contributed by atoms with van der Waals surface area (Å²) in [7, 11) is 0. The van der Waals surface area contributed by atoms with Crippen molar-refractivity contribution in [3.05, 3.63) is 24.3 Å². The fourth-order valence-electron chi connectivity index (χ4n) is 1.37. The van der Waals surface area contributed by atoms with Crippen LogP contribution in [0, 0.1) is 0 Å². The fourth-order valence-corrected chi connectivity index (χ4v) is 1.37. The number of aliphatic carboxylic acids is 1. The SMILES string of the molecule is CCCOc1cccc(OCC(=O)NC(C)C(=O)O)c1. The molecule has 1 unspecified atom stereocenters. The van der Waals surface area contributed by atoms with Crippen LogP contribution < -0.4 is 14.8 Å². The Bertz CT molecular complexity index is 461. The van der Waals surface area contributed by atoms with Gasteiger partial charge in [0.15, 0.2) is 6.61 Å². The third-order valence-electron chi connectivity index (χ3n) is 2.40. The Morgan fingerprint density at radius 2 is 1.95 bits per heavy atom. The first-order valence-corrected chi connectivity index (χ1v) is 6.40. The highest BCUT2D eigenvalue weighted by molar-refractivity contribution is 5.84. The molecular weight excluding hydrogens is 262 g/mol. The minimum atomic E-state index is -1.09. The first-order valence-electron chi connectivity index (χ1n) is 6.40. The summed E-state index contributed by atoms with van der Waals surface area (Å²) in [6.45, 7) is 3.77. The van der Waals surface area contributed by atoms with E-state index in [1.165, 1.54) is 6.92 Å². The van der Waals surface area contributed by atoms with Crippen molar-refractivity contribution in [3.8, 4) is 11.5 Å². The van der Waals surface area contributed by atoms with Crippen molar-refractivity contribution in [2.24, 2.45) is 0 Å². The molecule has 6 nitrogen and oxygen atoms in total. The fraction of sp³-hybridized carbons (Fsp3) is 0.429. The molecule has 0 bridgehead atoms. The Balaban J connectivity index is 2.44. The van der Waals surface area contributed by atoms with E-state index in [0.29, 0.717) is 18.1 Å². The lowest BCUT2D eigenvalue weighted by molar-refractivity contribution is -0.141. The molecular formula is C14H19NO5. The lowest BCUT2D eigenvalue weighted by atomic mass is 10.3. The molecule has 0 heterocycles. The number of carboxylic acids is 1. The molecule has 6 heteroatoms. The average Bonchev–Trinajstić information content (AvgIpc) is 2.43. The second-order valence-electron chi connectivity index (χ2n) is 4.24. The molecule has 1 aromatic carbocycles. The van der Waals surface area contributed by atoms with Crippen LogP contribution in [0.25, 0.3) is 0 Å². The van der Waals surface area contributed by atoms with Gasteiger partial charge in [-0.25, -0.2) is 0 Å². The van der Waals surface area contributed by atoms with Gasteiger partial charge in [-0.2, -0.15) is 0 Å². The van der Waals surface area contributed by atoms with Crippen LogP contribution in [0.2, 0.25) is 0 Å². The molecule has 1 atom stereocenters. The Morgan fingerprint density at radius 3 is 2.55 bits per heavy atom. The Labute approximate surface area is 117 Å². The van der Waals surface area contributed by atoms with Gasteiger partial charge in [-0.15, -0.1) is 0 Å². The largest absolute Gasteiger partial charge is 0.493 e. The lowest BCUT2D eigenvalue weighted by Crippen LogP contribution is -2.40. The zero-order valence-corrected chi connectivity index (χ0v) is 11.6. The van der Waals surface area contributed by atoms with Crippen LogP contribution >= 0.6 is 0 Å². The molecule has 110 valence electrons. The number of benzene rings is 1. The van der Waals surface area contributed by atoms with Crippen molar-refractivity contribution in [1.29, 1.82) is 0 Å². The van der Waals surface area contributed by atoms with E-state index in [4.69, 9.17) is 14.6 Å². The number of rotatable bonds is 8. The van der Waals surface area contributed by atoms with Gasteiger partial charge in [0.05, 0.1) is 6.61 Å². The molecule has 2 N–H and O–H groups in total. The van der Waals surface area contributed by atoms with Crippen molar-refractivity contribution in [3.63, 3.8) is 0 Å². The summed E-state index contributed by atoms with van der Waals surface area (Å²) in [5, 5.41) is 11.0. The van der Waals surface area contributed by atoms with Crippen molar-refractivity contribution in [1.82, 2.24) is 5.32 Å². The van der Waals surface area contributed by atoms with Crippen molar-refractivity contribution in [2.75, 3.05) is 13.2 Å². The predicted octanol–water partition coefficient (Wildman–Crippen LogP) is 1.44. The monoisotopic (exact) mass is 281 g/mol. The highest BCUT2D eigenvalue weighted by Gasteiger charge is 2.14. The molecule has 1 aromatic rings. The van der Waals surface area contributed by atoms with Crippen LogP contribution in [-0.4, -0.2) is 36.2 Å². The quantitative estimate of drug-likeness (QED) is 0.753. The number of carbonyl (C=O) groups excluding carboxylic acids is 1. The van der Waals surface area contributed by atoms with Crippen molar-refractivity contribution in [2.45, 2.75) is 26.3 Å². The molecule has 0 fully saturated rings. The first kappa shape index (κ1) is 15.8. The molecule has 0 saturated carbocycles. The minimum Gasteiger partial charge on any atom is -0.493 e. The van der Waals surface area contributed by atoms with E-state index >= 15 is 0 Å². The second-order valence-corrected chi connectivity index (χ2v) is 4.24. The van der Waals surface area contributed by atoms with Gasteiger partial charge in [0.1, 0.15) is 17.5 Å². The van der Waals surface area contributed by atoms with Gasteiger partial charge in [0.25, 0.3) is 5.91 Å². The Hall–Kier alpha value is -2.24. The highest BCUT2D eigenvalue weighted by atomic mass is 16.5. The van der Waals surface area contributed by atoms with Gasteiger partial charge in [0, 0.05) is 6.07 Å². The standard InChI is InChI=1S/C14H19NO5/c1-3-7-19-11-5-4-6-12(8-11)20-9-13(16)15-10(2)14(17)18/h4-6,8,10H,3,7,9H2,1-2H3,(H,15,16)(H,17,18). The van der Waals surface area contributed by atoms with Crippen LogP contribution in [0.3, 0.4) is 0 Å². The van der Waals surface area contributed by atoms with Crippen LogP contribution in [0.1, 0.15) is 20.3 Å². The normalized spacial score (nSPS) is 11.5. The van der Waals surface area contributed by atoms with Crippen LogP contribution in [0.4, 0.5) is 0 Å². The van der Waals surface area contributed by atoms with Gasteiger partial charge in [0.2, 0.25) is 0 Å². The molecule has 0 aliphatic rings. The number of carbonyl (C=O) groups is 2. The van der Waals surface area contributed by atoms with Gasteiger partial charge < -0.3 is 19.9 Å². The number of carboxylic acid groups (broad SMARTS) is 1. The molecule has 0 aliphatic carbocycles. The minimum absolute atomic E-state index is 0.241. The third-order valence-corrected chi connectivity index (χ3v) is 2.40. The maximum Gasteiger partial charge on any atom is 0.325 e. The Morgan fingerprint density at radius 1 is 1.30 bits per heavy atom. The molecule has 0 spiro atoms. The zero-order chi connectivity index (χ0) is 15.0. The summed E-state index contributed by atoms with van der Waals surface area (Å²) in [6, 6.07) is 6.01. The molecule has 20 heavy (non-hydrogen) atoms. The number of nitrogens with one attached hydrogen (secondary N) is 1. The van der Waals surface area contributed by atoms with Gasteiger partial charge in [-0.1, -0.05) is 13.0 Å². The second kappa shape index (κ2) is 8.04. The molecule has 0 radical (unpaired) electrons. The van der Waals surface area contributed by atoms with E-state index in [-0.39, 0.29) is 6.61 Å². The topological polar surface area (TPSA) is 84.9 Å². The predicted molar refractivity (Wildman–Crippen MR) is 73.0 cm³/mol. The summed E-state index contributed by atoms with van der Waals surface area (Å²) in [5.41, 5.74) is 0. The summed E-state index contributed by atoms with van der Waals surface area (Å²) < 4.78 is 10.7. The van der Waals surface area contributed by atoms with E-state index in [0.717, 1.165) is 6.42 Å². The maximum absolute atomic E-state index is 11.5. The summed E-state index contributed by atoms with van der Waals surface area (Å²) in [5.74, 6) is -0.409. The smallest absolute Gasteiger partial charge is 0.325 e. The summed E-state index contributed by atoms with van der Waals surface area (Å²) in [6.07, 6.45) is 0.903. The number of amides is 1. The van der Waals surface area contributed by atoms with E-state index in [9.17, 15) is 9.59 Å². The molecule has 1 amide bonds. The Kier molecular flexibility index (Phi) is 6.36. The zero-order valence-electron chi connectivity index (χ0n) is 11.6. The highest BCUT2D eigenvalue weighted by Crippen LogP contribution is 2.19. The van der Waals surface area contributed by atoms with E-state index in [1.54, 1.807) is 24.3 Å². The summed E-state index contributed by atoms with van der Waals surface area (Å²) in [4.78, 5) is 22.0. The molecule has 1 rings (SSSR count). The van der Waals surface area contributed by atoms with Gasteiger partial charge in [-0.3, -0.25) is 9.59 Å². The van der Waals surface area contributed by atoms with Crippen molar-refractivity contribution < 1.29 is 24.2 Å². The van der Waals surface area contributed by atoms with Crippen LogP contribution in [0.5, 0.6) is 11.5 Å². The van der Waals surface area contributed by atoms with Gasteiger partial charge in [-0.05, 0) is 25.5 Å². The van der Waals surface area contributed by atoms with Crippen molar-refractivity contribution >= 4 is 11.9 Å². The van der Waals surface area contributed by atoms with E-state index in [2.05, 4.69) is 5.32 Å². The first-order chi connectivity index (χ1) is 9.52. The molecule has 0 aromatic heterocycles. The molecule has 0 saturated heterocycles. The maximum atomic E-state index is 11.5. The number of hydrogen-bond acceptors (Lipinski definition) is 4. The van der Waals surface area contributed by atoms with Gasteiger partial charge >= 0.3 is 5.97 Å². The number of ether oxygens (including phenoxy) is 2. The van der Waals surface area contributed by atoms with Crippen LogP contribution in [0.15, 0.2) is 24.3 Å². The molecule has 0 aliphatic heterocycles. The number of hydrogen-bond donors (Lipinski definition) is 2. The summed E-state index contributed by atoms with van der Waals surface area (Å²) >= 11 is 0. The lowest BCUT2D eigenvalue weighted by Gasteiger charge is -2.11. The van der Waals surface area contributed by atoms with Crippen LogP contribution in [-0.2, 0) is 9.59 Å². The average molecular weight is 281 g/mol. The third kappa shape index (κ3) is 5.60. The van der Waals surface area contributed by atoms with E-state index < -0.39 is 17.9 Å². The van der Waals surface area contributed by atoms with E-state index in [1.807, 2.05) is 6.92 Å².